The maximum Gasteiger partial charge on any atom is 2.00 e. The van der Waals surface area contributed by atoms with E-state index in [-0.39, 0.29) is 97.3 Å². The second-order valence-electron chi connectivity index (χ2n) is 0. The second-order valence-corrected chi connectivity index (χ2v) is 0. The molecule has 0 aliphatic carbocycles. The van der Waals surface area contributed by atoms with Gasteiger partial charge in [0.05, 0.1) is 0 Å². The molecule has 0 heterocycles. The third-order valence-corrected chi connectivity index (χ3v) is 0. The van der Waals surface area contributed by atoms with Crippen molar-refractivity contribution in [2.24, 2.45) is 0 Å². The van der Waals surface area contributed by atoms with Crippen LogP contribution in [0.2, 0.25) is 0 Å². The first-order valence-corrected chi connectivity index (χ1v) is 0. The van der Waals surface area contributed by atoms with Gasteiger partial charge in [-0.3, -0.25) is 0 Å². The van der Waals surface area contributed by atoms with E-state index in [0.29, 0.717) is 0 Å². The summed E-state index contributed by atoms with van der Waals surface area (Å²) in [6, 6.07) is 0. The summed E-state index contributed by atoms with van der Waals surface area (Å²) in [5.74, 6) is 0. The summed E-state index contributed by atoms with van der Waals surface area (Å²) in [6.07, 6.45) is 0. The predicted molar refractivity (Wildman–Crippen MR) is 11.5 cm³/mol. The Kier molecular flexibility index (Phi) is 111. The normalized spacial score (nSPS) is 0. The van der Waals surface area contributed by atoms with Crippen LogP contribution < -0.4 is 0 Å². The first kappa shape index (κ1) is 27.2. The van der Waals surface area contributed by atoms with Crippen LogP contribution in [0.15, 0.2) is 0 Å². The molecule has 0 rings (SSSR count). The number of rotatable bonds is 0. The summed E-state index contributed by atoms with van der Waals surface area (Å²) in [4.78, 5) is 0. The van der Waals surface area contributed by atoms with E-state index in [0.717, 1.165) is 0 Å². The molecule has 0 aliphatic rings. The van der Waals surface area contributed by atoms with Crippen LogP contribution >= 0.6 is 0 Å². The molecule has 0 saturated carbocycles. The van der Waals surface area contributed by atoms with E-state index in [1.807, 2.05) is 0 Å². The van der Waals surface area contributed by atoms with E-state index < -0.39 is 0 Å². The molecule has 0 spiro atoms. The standard InChI is InChI=1S/Ca.Fe.Mg.Zn/q4*+2. The van der Waals surface area contributed by atoms with Gasteiger partial charge in [0, 0.05) is 0 Å². The van der Waals surface area contributed by atoms with Crippen LogP contribution in [0.1, 0.15) is 0 Å². The monoisotopic (exact) mass is 184 g/mol. The molecular formula is CaFeMgZn+8. The molecule has 0 fully saturated rings. The van der Waals surface area contributed by atoms with E-state index in [2.05, 4.69) is 0 Å². The zero-order chi connectivity index (χ0) is 0. The Bertz CT molecular complexity index is 8.00. The number of hydrogen-bond donors (Lipinski definition) is 0. The fraction of sp³-hybridized carbons (Fsp3) is 0. The quantitative estimate of drug-likeness (QED) is 0.435. The third-order valence-electron chi connectivity index (χ3n) is 0. The van der Waals surface area contributed by atoms with Crippen LogP contribution in [-0.2, 0) is 36.5 Å². The van der Waals surface area contributed by atoms with Gasteiger partial charge in [-0.15, -0.1) is 0 Å². The van der Waals surface area contributed by atoms with Gasteiger partial charge in [-0.1, -0.05) is 0 Å². The van der Waals surface area contributed by atoms with Gasteiger partial charge in [0.25, 0.3) is 0 Å². The molecular weight excluding hydrogens is 186 g/mol. The zero-order valence-electron chi connectivity index (χ0n) is 2.47. The molecule has 4 heteroatoms. The number of hydrogen-bond acceptors (Lipinski definition) is 0. The molecule has 0 N–H and O–H groups in total. The molecule has 0 atom stereocenters. The van der Waals surface area contributed by atoms with Gasteiger partial charge >= 0.3 is 97.3 Å². The van der Waals surface area contributed by atoms with Crippen LogP contribution in [0.4, 0.5) is 0 Å². The minimum absolute atomic E-state index is 0. The van der Waals surface area contributed by atoms with Crippen molar-refractivity contribution >= 4 is 60.8 Å². The topological polar surface area (TPSA) is 0 Å². The summed E-state index contributed by atoms with van der Waals surface area (Å²) in [5.41, 5.74) is 0. The van der Waals surface area contributed by atoms with Crippen molar-refractivity contribution in [2.45, 2.75) is 0 Å². The largest absolute Gasteiger partial charge is 2.00 e. The Hall–Kier alpha value is 3.17. The summed E-state index contributed by atoms with van der Waals surface area (Å²) in [6.45, 7) is 0. The van der Waals surface area contributed by atoms with Gasteiger partial charge in [-0.25, -0.2) is 0 Å². The van der Waals surface area contributed by atoms with Crippen LogP contribution in [0.5, 0.6) is 0 Å². The average Bonchev–Trinajstić information content (AvgIpc) is 0. The molecule has 0 bridgehead atoms. The summed E-state index contributed by atoms with van der Waals surface area (Å²) in [5, 5.41) is 0. The summed E-state index contributed by atoms with van der Waals surface area (Å²) < 4.78 is 0. The first-order chi connectivity index (χ1) is 0. The van der Waals surface area contributed by atoms with Crippen molar-refractivity contribution in [3.8, 4) is 0 Å². The molecule has 0 amide bonds. The van der Waals surface area contributed by atoms with E-state index in [4.69, 9.17) is 0 Å². The van der Waals surface area contributed by atoms with Crippen molar-refractivity contribution in [1.82, 2.24) is 0 Å². The smallest absolute Gasteiger partial charge is 2.00 e. The molecule has 0 radical (unpaired) electrons. The van der Waals surface area contributed by atoms with Crippen LogP contribution in [0, 0.1) is 0 Å². The molecule has 0 unspecified atom stereocenters. The fourth-order valence-corrected chi connectivity index (χ4v) is 0. The average molecular weight is 186 g/mol. The fourth-order valence-electron chi connectivity index (χ4n) is 0. The van der Waals surface area contributed by atoms with Crippen LogP contribution in [0.25, 0.3) is 0 Å². The third kappa shape index (κ3) is 8.95. The summed E-state index contributed by atoms with van der Waals surface area (Å²) >= 11 is 0. The molecule has 0 aromatic carbocycles. The molecule has 4 heavy (non-hydrogen) atoms. The van der Waals surface area contributed by atoms with Crippen molar-refractivity contribution in [3.05, 3.63) is 0 Å². The van der Waals surface area contributed by atoms with Gasteiger partial charge in [-0.05, 0) is 0 Å². The van der Waals surface area contributed by atoms with Crippen molar-refractivity contribution < 1.29 is 36.5 Å². The maximum absolute atomic E-state index is 0. The molecule has 0 aromatic rings. The van der Waals surface area contributed by atoms with Crippen LogP contribution in [0.3, 0.4) is 0 Å². The molecule has 6 valence electrons. The second kappa shape index (κ2) is 16.4. The van der Waals surface area contributed by atoms with Gasteiger partial charge in [0.15, 0.2) is 0 Å². The van der Waals surface area contributed by atoms with Gasteiger partial charge in [0.2, 0.25) is 0 Å². The van der Waals surface area contributed by atoms with Crippen molar-refractivity contribution in [3.63, 3.8) is 0 Å². The van der Waals surface area contributed by atoms with Crippen LogP contribution in [-0.4, -0.2) is 60.8 Å². The SMILES string of the molecule is [Ca+2].[Fe+2].[Mg+2].[Zn+2]. The Balaban J connectivity index is 0. The first-order valence-electron chi connectivity index (χ1n) is 0. The van der Waals surface area contributed by atoms with E-state index in [1.165, 1.54) is 0 Å². The van der Waals surface area contributed by atoms with E-state index in [1.54, 1.807) is 0 Å². The molecule has 0 nitrogen and oxygen atoms in total. The Morgan fingerprint density at radius 2 is 1.00 bits per heavy atom. The Labute approximate surface area is 95.2 Å². The predicted octanol–water partition coefficient (Wildman–Crippen LogP) is -0.767. The van der Waals surface area contributed by atoms with Crippen molar-refractivity contribution in [1.29, 1.82) is 0 Å². The molecule has 0 saturated heterocycles. The van der Waals surface area contributed by atoms with Gasteiger partial charge in [0.1, 0.15) is 0 Å². The minimum atomic E-state index is 0. The summed E-state index contributed by atoms with van der Waals surface area (Å²) in [7, 11) is 0. The minimum Gasteiger partial charge on any atom is 2.00 e. The van der Waals surface area contributed by atoms with Crippen molar-refractivity contribution in [2.75, 3.05) is 0 Å². The Morgan fingerprint density at radius 1 is 1.00 bits per heavy atom. The van der Waals surface area contributed by atoms with Gasteiger partial charge in [-0.2, -0.15) is 0 Å². The maximum atomic E-state index is 0. The Morgan fingerprint density at radius 3 is 1.00 bits per heavy atom. The zero-order valence-corrected chi connectivity index (χ0v) is 10.2. The molecule has 0 aromatic heterocycles. The van der Waals surface area contributed by atoms with Gasteiger partial charge < -0.3 is 0 Å². The van der Waals surface area contributed by atoms with E-state index in [9.17, 15) is 0 Å². The van der Waals surface area contributed by atoms with E-state index >= 15 is 0 Å². The molecule has 0 aliphatic heterocycles.